The standard InChI is InChI=1S/C12H14Br2O3/c1-7-6-8(15)12(14)11(13,9(7)16)5-4-10(2,3)17-12/h6H,4-5H2,1-3H3. The van der Waals surface area contributed by atoms with Gasteiger partial charge in [0.2, 0.25) is 10.3 Å². The molecule has 0 aromatic carbocycles. The van der Waals surface area contributed by atoms with Gasteiger partial charge in [0.05, 0.1) is 5.60 Å². The molecule has 0 bridgehead atoms. The van der Waals surface area contributed by atoms with Crippen LogP contribution in [0.15, 0.2) is 11.6 Å². The molecule has 1 saturated heterocycles. The lowest BCUT2D eigenvalue weighted by atomic mass is 9.77. The summed E-state index contributed by atoms with van der Waals surface area (Å²) in [5, 5.41) is 0. The molecule has 1 fully saturated rings. The van der Waals surface area contributed by atoms with Crippen LogP contribution < -0.4 is 0 Å². The number of halogens is 2. The molecular formula is C12H14Br2O3. The Balaban J connectivity index is 2.56. The van der Waals surface area contributed by atoms with Gasteiger partial charge in [-0.3, -0.25) is 9.59 Å². The summed E-state index contributed by atoms with van der Waals surface area (Å²) in [6.07, 6.45) is 2.65. The normalized spacial score (nSPS) is 40.9. The van der Waals surface area contributed by atoms with Crippen LogP contribution in [0.3, 0.4) is 0 Å². The second-order valence-corrected chi connectivity index (χ2v) is 7.75. The fraction of sp³-hybridized carbons (Fsp3) is 0.667. The molecule has 2 rings (SSSR count). The first-order valence-corrected chi connectivity index (χ1v) is 7.06. The van der Waals surface area contributed by atoms with Crippen LogP contribution in [0.4, 0.5) is 0 Å². The van der Waals surface area contributed by atoms with E-state index >= 15 is 0 Å². The van der Waals surface area contributed by atoms with E-state index in [0.29, 0.717) is 12.0 Å². The van der Waals surface area contributed by atoms with Crippen molar-refractivity contribution in [1.82, 2.24) is 0 Å². The minimum atomic E-state index is -1.28. The highest BCUT2D eigenvalue weighted by Crippen LogP contribution is 2.54. The monoisotopic (exact) mass is 364 g/mol. The molecule has 1 aliphatic carbocycles. The average molecular weight is 366 g/mol. The van der Waals surface area contributed by atoms with Crippen molar-refractivity contribution in [3.8, 4) is 0 Å². The van der Waals surface area contributed by atoms with Gasteiger partial charge in [-0.1, -0.05) is 15.9 Å². The Morgan fingerprint density at radius 3 is 2.41 bits per heavy atom. The molecule has 2 atom stereocenters. The molecule has 1 heterocycles. The van der Waals surface area contributed by atoms with E-state index in [4.69, 9.17) is 4.74 Å². The zero-order chi connectivity index (χ0) is 13.1. The van der Waals surface area contributed by atoms with E-state index in [1.807, 2.05) is 13.8 Å². The number of ether oxygens (including phenoxy) is 1. The molecule has 0 aromatic rings. The Hall–Kier alpha value is -0.000000000000000167. The van der Waals surface area contributed by atoms with Crippen molar-refractivity contribution >= 4 is 43.4 Å². The molecular weight excluding hydrogens is 352 g/mol. The van der Waals surface area contributed by atoms with Gasteiger partial charge in [0.25, 0.3) is 0 Å². The largest absolute Gasteiger partial charge is 0.348 e. The Kier molecular flexibility index (Phi) is 2.96. The van der Waals surface area contributed by atoms with Crippen LogP contribution >= 0.6 is 31.9 Å². The summed E-state index contributed by atoms with van der Waals surface area (Å²) in [7, 11) is 0. The van der Waals surface area contributed by atoms with Gasteiger partial charge < -0.3 is 4.74 Å². The van der Waals surface area contributed by atoms with Gasteiger partial charge in [-0.15, -0.1) is 0 Å². The number of allylic oxidation sites excluding steroid dienone is 1. The van der Waals surface area contributed by atoms with E-state index in [9.17, 15) is 9.59 Å². The third-order valence-corrected chi connectivity index (χ3v) is 6.46. The number of Topliss-reactive ketones (excluding diaryl/α,β-unsaturated/α-hetero) is 1. The van der Waals surface area contributed by atoms with Crippen molar-refractivity contribution in [2.45, 2.75) is 48.0 Å². The Morgan fingerprint density at radius 2 is 1.82 bits per heavy atom. The van der Waals surface area contributed by atoms with E-state index in [1.165, 1.54) is 6.08 Å². The van der Waals surface area contributed by atoms with Crippen molar-refractivity contribution in [1.29, 1.82) is 0 Å². The van der Waals surface area contributed by atoms with E-state index in [-0.39, 0.29) is 11.6 Å². The fourth-order valence-corrected chi connectivity index (χ4v) is 4.04. The van der Waals surface area contributed by atoms with E-state index in [0.717, 1.165) is 6.42 Å². The molecule has 5 heteroatoms. The van der Waals surface area contributed by atoms with E-state index in [2.05, 4.69) is 31.9 Å². The van der Waals surface area contributed by atoms with Crippen LogP contribution in [-0.2, 0) is 14.3 Å². The van der Waals surface area contributed by atoms with Gasteiger partial charge in [0.1, 0.15) is 4.32 Å². The number of carbonyl (C=O) groups is 2. The molecule has 1 aliphatic heterocycles. The maximum atomic E-state index is 12.3. The molecule has 0 spiro atoms. The van der Waals surface area contributed by atoms with Crippen LogP contribution in [0.5, 0.6) is 0 Å². The lowest BCUT2D eigenvalue weighted by Crippen LogP contribution is -2.65. The highest BCUT2D eigenvalue weighted by Gasteiger charge is 2.65. The van der Waals surface area contributed by atoms with E-state index in [1.54, 1.807) is 6.92 Å². The molecule has 0 N–H and O–H groups in total. The van der Waals surface area contributed by atoms with Crippen molar-refractivity contribution in [2.24, 2.45) is 0 Å². The molecule has 94 valence electrons. The number of hydrogen-bond donors (Lipinski definition) is 0. The topological polar surface area (TPSA) is 43.4 Å². The first-order chi connectivity index (χ1) is 7.62. The number of rotatable bonds is 0. The molecule has 17 heavy (non-hydrogen) atoms. The quantitative estimate of drug-likeness (QED) is 0.620. The number of carbonyl (C=O) groups excluding carboxylic acids is 2. The zero-order valence-corrected chi connectivity index (χ0v) is 13.1. The summed E-state index contributed by atoms with van der Waals surface area (Å²) in [6, 6.07) is 0. The van der Waals surface area contributed by atoms with Crippen molar-refractivity contribution in [2.75, 3.05) is 0 Å². The lowest BCUT2D eigenvalue weighted by molar-refractivity contribution is -0.166. The van der Waals surface area contributed by atoms with Crippen molar-refractivity contribution in [3.63, 3.8) is 0 Å². The maximum Gasteiger partial charge on any atom is 0.208 e. The van der Waals surface area contributed by atoms with Crippen LogP contribution in [0.1, 0.15) is 33.6 Å². The second-order valence-electron chi connectivity index (χ2n) is 5.28. The summed E-state index contributed by atoms with van der Waals surface area (Å²) in [4.78, 5) is 24.4. The molecule has 0 radical (unpaired) electrons. The SMILES string of the molecule is CC1=CC(=O)C2(Br)OC(C)(C)CCC2(Br)C1=O. The second kappa shape index (κ2) is 3.75. The molecule has 0 saturated carbocycles. The molecule has 2 unspecified atom stereocenters. The Bertz CT molecular complexity index is 441. The number of hydrogen-bond acceptors (Lipinski definition) is 3. The molecule has 0 aromatic heterocycles. The average Bonchev–Trinajstić information content (AvgIpc) is 2.20. The Morgan fingerprint density at radius 1 is 1.24 bits per heavy atom. The predicted octanol–water partition coefficient (Wildman–Crippen LogP) is 2.90. The van der Waals surface area contributed by atoms with Gasteiger partial charge >= 0.3 is 0 Å². The highest BCUT2D eigenvalue weighted by molar-refractivity contribution is 9.13. The zero-order valence-electron chi connectivity index (χ0n) is 9.97. The molecule has 3 nitrogen and oxygen atoms in total. The van der Waals surface area contributed by atoms with Crippen LogP contribution in [0, 0.1) is 0 Å². The molecule has 0 amide bonds. The Labute approximate surface area is 117 Å². The van der Waals surface area contributed by atoms with Crippen molar-refractivity contribution < 1.29 is 14.3 Å². The number of alkyl halides is 2. The van der Waals surface area contributed by atoms with Crippen LogP contribution in [0.2, 0.25) is 0 Å². The van der Waals surface area contributed by atoms with Crippen LogP contribution in [0.25, 0.3) is 0 Å². The first-order valence-electron chi connectivity index (χ1n) is 5.48. The van der Waals surface area contributed by atoms with Crippen LogP contribution in [-0.4, -0.2) is 26.0 Å². The summed E-state index contributed by atoms with van der Waals surface area (Å²) in [5.41, 5.74) is 0.0563. The third-order valence-electron chi connectivity index (χ3n) is 3.38. The van der Waals surface area contributed by atoms with Gasteiger partial charge in [-0.05, 0) is 61.2 Å². The smallest absolute Gasteiger partial charge is 0.208 e. The van der Waals surface area contributed by atoms with Gasteiger partial charge in [0, 0.05) is 0 Å². The van der Waals surface area contributed by atoms with Gasteiger partial charge in [0.15, 0.2) is 5.78 Å². The maximum absolute atomic E-state index is 12.3. The lowest BCUT2D eigenvalue weighted by Gasteiger charge is -2.51. The van der Waals surface area contributed by atoms with Crippen molar-refractivity contribution in [3.05, 3.63) is 11.6 Å². The number of ketones is 2. The van der Waals surface area contributed by atoms with Gasteiger partial charge in [-0.2, -0.15) is 0 Å². The minimum Gasteiger partial charge on any atom is -0.348 e. The van der Waals surface area contributed by atoms with Gasteiger partial charge in [-0.25, -0.2) is 0 Å². The number of fused-ring (bicyclic) bond motifs is 1. The predicted molar refractivity (Wildman–Crippen MR) is 71.5 cm³/mol. The minimum absolute atomic E-state index is 0.0792. The highest BCUT2D eigenvalue weighted by atomic mass is 79.9. The summed E-state index contributed by atoms with van der Waals surface area (Å²) in [6.45, 7) is 5.51. The molecule has 2 aliphatic rings. The fourth-order valence-electron chi connectivity index (χ4n) is 2.32. The summed E-state index contributed by atoms with van der Waals surface area (Å²) >= 11 is 6.80. The third kappa shape index (κ3) is 1.78. The summed E-state index contributed by atoms with van der Waals surface area (Å²) < 4.78 is 3.59. The summed E-state index contributed by atoms with van der Waals surface area (Å²) in [5.74, 6) is -0.288. The van der Waals surface area contributed by atoms with E-state index < -0.39 is 14.4 Å². The first kappa shape index (κ1) is 13.4.